The van der Waals surface area contributed by atoms with Crippen LogP contribution in [0.2, 0.25) is 0 Å². The Hall–Kier alpha value is -4.07. The Morgan fingerprint density at radius 1 is 1.13 bits per heavy atom. The molecular weight excluding hydrogens is 591 g/mol. The maximum atomic E-state index is 16.9. The number of aromatic nitrogens is 2. The van der Waals surface area contributed by atoms with Gasteiger partial charge in [0.25, 0.3) is 0 Å². The Morgan fingerprint density at radius 2 is 1.98 bits per heavy atom. The Labute approximate surface area is 265 Å². The van der Waals surface area contributed by atoms with Crippen LogP contribution < -0.4 is 15.0 Å². The van der Waals surface area contributed by atoms with Crippen LogP contribution in [0.25, 0.3) is 32.8 Å². The van der Waals surface area contributed by atoms with E-state index in [-0.39, 0.29) is 45.0 Å². The van der Waals surface area contributed by atoms with Crippen molar-refractivity contribution in [1.82, 2.24) is 20.2 Å². The molecule has 4 fully saturated rings. The predicted octanol–water partition coefficient (Wildman–Crippen LogP) is 6.14. The van der Waals surface area contributed by atoms with Crippen molar-refractivity contribution in [3.8, 4) is 35.2 Å². The lowest BCUT2D eigenvalue weighted by Crippen LogP contribution is -2.58. The van der Waals surface area contributed by atoms with Gasteiger partial charge in [0.05, 0.1) is 11.1 Å². The van der Waals surface area contributed by atoms with Crippen molar-refractivity contribution >= 4 is 27.5 Å². The third-order valence-electron chi connectivity index (χ3n) is 10.7. The third kappa shape index (κ3) is 4.50. The highest BCUT2D eigenvalue weighted by Gasteiger charge is 2.48. The molecule has 7 nitrogen and oxygen atoms in total. The van der Waals surface area contributed by atoms with Crippen LogP contribution in [0.5, 0.6) is 11.8 Å². The minimum Gasteiger partial charge on any atom is -0.505 e. The summed E-state index contributed by atoms with van der Waals surface area (Å²) in [6.07, 6.45) is 10.8. The lowest BCUT2D eigenvalue weighted by molar-refractivity contribution is 0.107. The van der Waals surface area contributed by atoms with Gasteiger partial charge in [-0.15, -0.1) is 6.42 Å². The highest BCUT2D eigenvalue weighted by Crippen LogP contribution is 2.45. The number of fused-ring (bicyclic) bond motifs is 5. The molecule has 8 rings (SSSR count). The first-order valence-corrected chi connectivity index (χ1v) is 16.1. The molecule has 0 amide bonds. The number of nitrogens with one attached hydrogen (secondary N) is 1. The monoisotopic (exact) mass is 627 g/mol. The van der Waals surface area contributed by atoms with E-state index in [1.165, 1.54) is 12.1 Å². The van der Waals surface area contributed by atoms with Crippen molar-refractivity contribution in [2.45, 2.75) is 63.1 Å². The van der Waals surface area contributed by atoms with Crippen LogP contribution in [-0.2, 0) is 0 Å². The molecule has 5 heterocycles. The molecule has 0 saturated carbocycles. The number of hydrogen-bond acceptors (Lipinski definition) is 7. The van der Waals surface area contributed by atoms with E-state index in [1.54, 1.807) is 18.2 Å². The number of ether oxygens (including phenoxy) is 1. The molecule has 2 N–H and O–H groups in total. The molecule has 4 aromatic rings. The number of hydrogen-bond donors (Lipinski definition) is 2. The van der Waals surface area contributed by atoms with Crippen molar-refractivity contribution in [2.24, 2.45) is 5.92 Å². The number of aromatic hydroxyl groups is 1. The molecule has 4 saturated heterocycles. The lowest BCUT2D eigenvalue weighted by Gasteiger charge is -2.40. The van der Waals surface area contributed by atoms with E-state index >= 15 is 13.2 Å². The van der Waals surface area contributed by atoms with Gasteiger partial charge in [-0.05, 0) is 75.1 Å². The molecule has 0 aliphatic carbocycles. The number of rotatable bonds is 5. The van der Waals surface area contributed by atoms with Crippen molar-refractivity contribution in [2.75, 3.05) is 37.7 Å². The highest BCUT2D eigenvalue weighted by atomic mass is 19.1. The minimum absolute atomic E-state index is 0.00122. The average molecular weight is 628 g/mol. The summed E-state index contributed by atoms with van der Waals surface area (Å²) in [5, 5.41) is 14.8. The molecule has 0 spiro atoms. The van der Waals surface area contributed by atoms with E-state index in [0.717, 1.165) is 45.2 Å². The second kappa shape index (κ2) is 10.5. The summed E-state index contributed by atoms with van der Waals surface area (Å²) in [4.78, 5) is 13.9. The fourth-order valence-electron chi connectivity index (χ4n) is 8.79. The normalized spacial score (nSPS) is 27.4. The fourth-order valence-corrected chi connectivity index (χ4v) is 8.79. The van der Waals surface area contributed by atoms with Crippen molar-refractivity contribution < 1.29 is 23.0 Å². The zero-order valence-corrected chi connectivity index (χ0v) is 26.0. The summed E-state index contributed by atoms with van der Waals surface area (Å²) in [5.74, 6) is -0.567. The van der Waals surface area contributed by atoms with Crippen LogP contribution in [0.4, 0.5) is 19.0 Å². The summed E-state index contributed by atoms with van der Waals surface area (Å²) >= 11 is 0. The van der Waals surface area contributed by atoms with Gasteiger partial charge in [0.15, 0.2) is 17.4 Å². The molecule has 46 heavy (non-hydrogen) atoms. The first-order valence-electron chi connectivity index (χ1n) is 16.1. The number of phenols is 1. The molecule has 3 aromatic carbocycles. The molecule has 1 aromatic heterocycles. The van der Waals surface area contributed by atoms with Crippen molar-refractivity contribution in [3.05, 3.63) is 53.3 Å². The topological polar surface area (TPSA) is 73.8 Å². The molecule has 0 radical (unpaired) electrons. The standard InChI is InChI=1S/C36H36F3N5O2/c1-4-21-7-5-8-22-13-26(45)30(38)29(27(21)22)28-25(37)14-24-32(31(28)39)40-34(46-19-36-10-6-12-44(36)16-20(2)15-36)41-33(24)43-17-23-9-11-35(3,18-43)42-23/h1,5,7-8,13-14,20,23,42,45H,6,9-12,15-19H2,2-3H3/t20-,23?,35+,36+/m1/s1. The van der Waals surface area contributed by atoms with Gasteiger partial charge in [0.2, 0.25) is 0 Å². The van der Waals surface area contributed by atoms with Gasteiger partial charge >= 0.3 is 6.01 Å². The smallest absolute Gasteiger partial charge is 0.319 e. The van der Waals surface area contributed by atoms with Crippen molar-refractivity contribution in [1.29, 1.82) is 0 Å². The van der Waals surface area contributed by atoms with E-state index in [2.05, 4.69) is 39.9 Å². The minimum atomic E-state index is -1.17. The maximum Gasteiger partial charge on any atom is 0.319 e. The Kier molecular flexibility index (Phi) is 6.68. The molecule has 4 aliphatic heterocycles. The summed E-state index contributed by atoms with van der Waals surface area (Å²) < 4.78 is 55.4. The summed E-state index contributed by atoms with van der Waals surface area (Å²) in [7, 11) is 0. The van der Waals surface area contributed by atoms with Crippen LogP contribution in [0.15, 0.2) is 30.3 Å². The molecule has 2 bridgehead atoms. The molecule has 238 valence electrons. The zero-order valence-electron chi connectivity index (χ0n) is 26.0. The third-order valence-corrected chi connectivity index (χ3v) is 10.7. The summed E-state index contributed by atoms with van der Waals surface area (Å²) in [6.45, 7) is 7.97. The predicted molar refractivity (Wildman–Crippen MR) is 172 cm³/mol. The molecule has 4 atom stereocenters. The maximum absolute atomic E-state index is 16.9. The van der Waals surface area contributed by atoms with Gasteiger partial charge in [0.1, 0.15) is 23.8 Å². The molecule has 1 unspecified atom stereocenters. The van der Waals surface area contributed by atoms with Crippen LogP contribution in [0, 0.1) is 35.7 Å². The number of benzene rings is 3. The number of anilines is 1. The molecule has 4 aliphatic rings. The zero-order chi connectivity index (χ0) is 32.0. The SMILES string of the molecule is C#Cc1cccc2cc(O)c(F)c(-c3c(F)cc4c(N5CC6CC[C@@](C)(C5)N6)nc(OC[C@@]56CCCN5C[C@H](C)C6)nc4c3F)c12. The number of phenolic OH excluding ortho intramolecular Hbond substituents is 1. The second-order valence-electron chi connectivity index (χ2n) is 14.1. The number of nitrogens with zero attached hydrogens (tertiary/aromatic N) is 4. The van der Waals surface area contributed by atoms with E-state index in [0.29, 0.717) is 36.8 Å². The molecular formula is C36H36F3N5O2. The largest absolute Gasteiger partial charge is 0.505 e. The van der Waals surface area contributed by atoms with Crippen LogP contribution in [0.3, 0.4) is 0 Å². The van der Waals surface area contributed by atoms with E-state index in [9.17, 15) is 5.11 Å². The van der Waals surface area contributed by atoms with Crippen molar-refractivity contribution in [3.63, 3.8) is 0 Å². The number of halogens is 3. The van der Waals surface area contributed by atoms with E-state index in [4.69, 9.17) is 16.1 Å². The first-order chi connectivity index (χ1) is 22.1. The van der Waals surface area contributed by atoms with Crippen LogP contribution >= 0.6 is 0 Å². The lowest BCUT2D eigenvalue weighted by atomic mass is 9.91. The van der Waals surface area contributed by atoms with Gasteiger partial charge < -0.3 is 20.1 Å². The van der Waals surface area contributed by atoms with Crippen LogP contribution in [-0.4, -0.2) is 69.9 Å². The molecule has 10 heteroatoms. The van der Waals surface area contributed by atoms with Gasteiger partial charge in [0, 0.05) is 53.1 Å². The summed E-state index contributed by atoms with van der Waals surface area (Å²) in [5.41, 5.74) is -1.33. The highest BCUT2D eigenvalue weighted by molar-refractivity contribution is 6.04. The fraction of sp³-hybridized carbons (Fsp3) is 0.444. The van der Waals surface area contributed by atoms with Gasteiger partial charge in [-0.25, -0.2) is 13.2 Å². The van der Waals surface area contributed by atoms with Gasteiger partial charge in [-0.2, -0.15) is 9.97 Å². The second-order valence-corrected chi connectivity index (χ2v) is 14.1. The Morgan fingerprint density at radius 3 is 2.78 bits per heavy atom. The van der Waals surface area contributed by atoms with Gasteiger partial charge in [-0.3, -0.25) is 4.90 Å². The average Bonchev–Trinajstić information content (AvgIpc) is 3.65. The van der Waals surface area contributed by atoms with Crippen LogP contribution in [0.1, 0.15) is 51.5 Å². The number of piperazine rings is 1. The quantitative estimate of drug-likeness (QED) is 0.258. The Bertz CT molecular complexity index is 1960. The first kappa shape index (κ1) is 29.3. The Balaban J connectivity index is 1.32. The van der Waals surface area contributed by atoms with E-state index in [1.807, 2.05) is 0 Å². The summed E-state index contributed by atoms with van der Waals surface area (Å²) in [6, 6.07) is 7.41. The van der Waals surface area contributed by atoms with E-state index < -0.39 is 34.3 Å². The van der Waals surface area contributed by atoms with Gasteiger partial charge in [-0.1, -0.05) is 25.0 Å². The number of terminal acetylenes is 1.